The minimum atomic E-state index is 0.00138. The maximum absolute atomic E-state index is 11.2. The highest BCUT2D eigenvalue weighted by Gasteiger charge is 2.03. The molecule has 0 saturated carbocycles. The third kappa shape index (κ3) is 2.91. The summed E-state index contributed by atoms with van der Waals surface area (Å²) >= 11 is 0. The first-order valence-corrected chi connectivity index (χ1v) is 5.36. The first-order chi connectivity index (χ1) is 8.15. The van der Waals surface area contributed by atoms with E-state index in [9.17, 15) is 4.79 Å². The van der Waals surface area contributed by atoms with Crippen LogP contribution in [0.2, 0.25) is 0 Å². The van der Waals surface area contributed by atoms with Crippen LogP contribution in [0.4, 0.5) is 0 Å². The van der Waals surface area contributed by atoms with E-state index in [1.54, 1.807) is 18.3 Å². The Morgan fingerprint density at radius 1 is 1.24 bits per heavy atom. The summed E-state index contributed by atoms with van der Waals surface area (Å²) in [5.41, 5.74) is 1.72. The predicted octanol–water partition coefficient (Wildman–Crippen LogP) is 3.38. The molecule has 17 heavy (non-hydrogen) atoms. The highest BCUT2D eigenvalue weighted by Crippen LogP contribution is 2.20. The van der Waals surface area contributed by atoms with Crippen LogP contribution < -0.4 is 4.74 Å². The molecule has 0 radical (unpaired) electrons. The lowest BCUT2D eigenvalue weighted by molar-refractivity contribution is 0.101. The second-order valence-electron chi connectivity index (χ2n) is 3.86. The molecule has 0 aliphatic rings. The van der Waals surface area contributed by atoms with E-state index >= 15 is 0 Å². The van der Waals surface area contributed by atoms with Crippen molar-refractivity contribution in [3.63, 3.8) is 0 Å². The smallest absolute Gasteiger partial charge is 0.219 e. The Morgan fingerprint density at radius 2 is 2.06 bits per heavy atom. The summed E-state index contributed by atoms with van der Waals surface area (Å²) in [5.74, 6) is 1.16. The van der Waals surface area contributed by atoms with E-state index in [0.29, 0.717) is 11.4 Å². The van der Waals surface area contributed by atoms with Gasteiger partial charge in [0.15, 0.2) is 5.78 Å². The quantitative estimate of drug-likeness (QED) is 0.754. The van der Waals surface area contributed by atoms with Gasteiger partial charge in [0.1, 0.15) is 5.75 Å². The Bertz CT molecular complexity index is 549. The van der Waals surface area contributed by atoms with E-state index in [0.717, 1.165) is 11.3 Å². The molecule has 0 spiro atoms. The Hall–Kier alpha value is -2.16. The normalized spacial score (nSPS) is 10.0. The number of Topliss-reactive ketones (excluding diaryl/α,β-unsaturated/α-hetero) is 1. The number of hydrogen-bond acceptors (Lipinski definition) is 3. The molecule has 0 fully saturated rings. The van der Waals surface area contributed by atoms with Gasteiger partial charge in [-0.25, -0.2) is 4.98 Å². The number of benzene rings is 1. The van der Waals surface area contributed by atoms with Gasteiger partial charge >= 0.3 is 0 Å². The molecule has 1 heterocycles. The number of pyridine rings is 1. The van der Waals surface area contributed by atoms with E-state index in [4.69, 9.17) is 4.74 Å². The first kappa shape index (κ1) is 11.3. The molecule has 3 heteroatoms. The van der Waals surface area contributed by atoms with Crippen molar-refractivity contribution in [2.75, 3.05) is 0 Å². The molecule has 0 saturated heterocycles. The van der Waals surface area contributed by atoms with Crippen molar-refractivity contribution in [1.29, 1.82) is 0 Å². The van der Waals surface area contributed by atoms with Crippen molar-refractivity contribution in [1.82, 2.24) is 4.98 Å². The number of aromatic nitrogens is 1. The average molecular weight is 227 g/mol. The lowest BCUT2D eigenvalue weighted by Gasteiger charge is -2.05. The van der Waals surface area contributed by atoms with Gasteiger partial charge in [0, 0.05) is 17.8 Å². The third-order valence-electron chi connectivity index (χ3n) is 2.35. The lowest BCUT2D eigenvalue weighted by Crippen LogP contribution is -1.94. The highest BCUT2D eigenvalue weighted by molar-refractivity contribution is 5.94. The Balaban J connectivity index is 2.24. The van der Waals surface area contributed by atoms with Crippen LogP contribution in [0.15, 0.2) is 42.6 Å². The predicted molar refractivity (Wildman–Crippen MR) is 65.5 cm³/mol. The SMILES string of the molecule is CC(=O)c1ccnc(Oc2cccc(C)c2)c1. The molecule has 0 atom stereocenters. The van der Waals surface area contributed by atoms with Gasteiger partial charge in [-0.05, 0) is 37.6 Å². The number of aryl methyl sites for hydroxylation is 1. The van der Waals surface area contributed by atoms with Crippen LogP contribution >= 0.6 is 0 Å². The molecule has 0 amide bonds. The summed E-state index contributed by atoms with van der Waals surface area (Å²) in [5, 5.41) is 0. The summed E-state index contributed by atoms with van der Waals surface area (Å²) in [6.45, 7) is 3.51. The van der Waals surface area contributed by atoms with Crippen molar-refractivity contribution in [2.45, 2.75) is 13.8 Å². The molecule has 0 aliphatic carbocycles. The molecule has 0 bridgehead atoms. The monoisotopic (exact) mass is 227 g/mol. The van der Waals surface area contributed by atoms with Gasteiger partial charge in [-0.2, -0.15) is 0 Å². The van der Waals surface area contributed by atoms with Crippen LogP contribution in [-0.2, 0) is 0 Å². The second kappa shape index (κ2) is 4.78. The summed E-state index contributed by atoms with van der Waals surface area (Å²) in [6.07, 6.45) is 1.57. The maximum atomic E-state index is 11.2. The topological polar surface area (TPSA) is 39.2 Å². The number of hydrogen-bond donors (Lipinski definition) is 0. The molecule has 86 valence electrons. The molecular formula is C14H13NO2. The Kier molecular flexibility index (Phi) is 3.19. The van der Waals surface area contributed by atoms with Gasteiger partial charge in [0.2, 0.25) is 5.88 Å². The average Bonchev–Trinajstić information content (AvgIpc) is 2.29. The summed E-state index contributed by atoms with van der Waals surface area (Å²) in [7, 11) is 0. The van der Waals surface area contributed by atoms with Crippen LogP contribution in [0.1, 0.15) is 22.8 Å². The van der Waals surface area contributed by atoms with Crippen LogP contribution in [0.25, 0.3) is 0 Å². The molecule has 2 aromatic rings. The molecular weight excluding hydrogens is 214 g/mol. The van der Waals surface area contributed by atoms with Crippen LogP contribution in [0.5, 0.6) is 11.6 Å². The number of rotatable bonds is 3. The number of carbonyl (C=O) groups excluding carboxylic acids is 1. The zero-order chi connectivity index (χ0) is 12.3. The minimum Gasteiger partial charge on any atom is -0.439 e. The van der Waals surface area contributed by atoms with E-state index in [1.807, 2.05) is 31.2 Å². The number of nitrogens with zero attached hydrogens (tertiary/aromatic N) is 1. The van der Waals surface area contributed by atoms with Gasteiger partial charge in [-0.3, -0.25) is 4.79 Å². The van der Waals surface area contributed by atoms with Crippen molar-refractivity contribution in [2.24, 2.45) is 0 Å². The molecule has 3 nitrogen and oxygen atoms in total. The van der Waals surface area contributed by atoms with E-state index < -0.39 is 0 Å². The fourth-order valence-corrected chi connectivity index (χ4v) is 1.48. The fourth-order valence-electron chi connectivity index (χ4n) is 1.48. The zero-order valence-electron chi connectivity index (χ0n) is 9.81. The minimum absolute atomic E-state index is 0.00138. The second-order valence-corrected chi connectivity index (χ2v) is 3.86. The summed E-state index contributed by atoms with van der Waals surface area (Å²) in [6, 6.07) is 11.0. The number of ketones is 1. The van der Waals surface area contributed by atoms with Gasteiger partial charge < -0.3 is 4.74 Å². The molecule has 0 aliphatic heterocycles. The van der Waals surface area contributed by atoms with Crippen molar-refractivity contribution in [3.8, 4) is 11.6 Å². The first-order valence-electron chi connectivity index (χ1n) is 5.36. The van der Waals surface area contributed by atoms with E-state index in [-0.39, 0.29) is 5.78 Å². The standard InChI is InChI=1S/C14H13NO2/c1-10-4-3-5-13(8-10)17-14-9-12(11(2)16)6-7-15-14/h3-9H,1-2H3. The molecule has 0 N–H and O–H groups in total. The Labute approximate surface area is 100 Å². The molecule has 0 unspecified atom stereocenters. The lowest BCUT2D eigenvalue weighted by atomic mass is 10.2. The molecule has 1 aromatic heterocycles. The van der Waals surface area contributed by atoms with Crippen molar-refractivity contribution in [3.05, 3.63) is 53.7 Å². The largest absolute Gasteiger partial charge is 0.439 e. The van der Waals surface area contributed by atoms with Gasteiger partial charge in [0.25, 0.3) is 0 Å². The van der Waals surface area contributed by atoms with E-state index in [2.05, 4.69) is 4.98 Å². The Morgan fingerprint density at radius 3 is 2.76 bits per heavy atom. The highest BCUT2D eigenvalue weighted by atomic mass is 16.5. The van der Waals surface area contributed by atoms with E-state index in [1.165, 1.54) is 6.92 Å². The maximum Gasteiger partial charge on any atom is 0.219 e. The van der Waals surface area contributed by atoms with Crippen LogP contribution in [-0.4, -0.2) is 10.8 Å². The van der Waals surface area contributed by atoms with Crippen molar-refractivity contribution < 1.29 is 9.53 Å². The number of carbonyl (C=O) groups is 1. The summed E-state index contributed by atoms with van der Waals surface area (Å²) < 4.78 is 5.59. The third-order valence-corrected chi connectivity index (χ3v) is 2.35. The van der Waals surface area contributed by atoms with Gasteiger partial charge in [0.05, 0.1) is 0 Å². The fraction of sp³-hybridized carbons (Fsp3) is 0.143. The number of ether oxygens (including phenoxy) is 1. The molecule has 2 rings (SSSR count). The van der Waals surface area contributed by atoms with Crippen molar-refractivity contribution >= 4 is 5.78 Å². The molecule has 1 aromatic carbocycles. The summed E-state index contributed by atoms with van der Waals surface area (Å²) in [4.78, 5) is 15.3. The van der Waals surface area contributed by atoms with Crippen LogP contribution in [0.3, 0.4) is 0 Å². The van der Waals surface area contributed by atoms with Crippen LogP contribution in [0, 0.1) is 6.92 Å². The van der Waals surface area contributed by atoms with Gasteiger partial charge in [-0.15, -0.1) is 0 Å². The zero-order valence-corrected chi connectivity index (χ0v) is 9.81. The van der Waals surface area contributed by atoms with Gasteiger partial charge in [-0.1, -0.05) is 12.1 Å².